The zero-order valence-corrected chi connectivity index (χ0v) is 53.1. The number of ether oxygens (including phenoxy) is 4. The van der Waals surface area contributed by atoms with Gasteiger partial charge in [0.2, 0.25) is 5.95 Å². The van der Waals surface area contributed by atoms with Crippen molar-refractivity contribution < 1.29 is 28.5 Å². The third kappa shape index (κ3) is 16.8. The number of carbonyl (C=O) groups excluding carboxylic acids is 2. The van der Waals surface area contributed by atoms with Crippen LogP contribution in [0.2, 0.25) is 0 Å². The third-order valence-electron chi connectivity index (χ3n) is 15.7. The van der Waals surface area contributed by atoms with Crippen LogP contribution in [0.25, 0.3) is 17.2 Å². The summed E-state index contributed by atoms with van der Waals surface area (Å²) in [7, 11) is 4.27. The molecule has 0 radical (unpaired) electrons. The fourth-order valence-corrected chi connectivity index (χ4v) is 10.8. The number of fused-ring (bicyclic) bond motifs is 2. The maximum Gasteiger partial charge on any atom is 0.410 e. The first kappa shape index (κ1) is 63.6. The van der Waals surface area contributed by atoms with Crippen LogP contribution in [0.5, 0.6) is 12.0 Å². The molecule has 4 fully saturated rings. The van der Waals surface area contributed by atoms with Gasteiger partial charge in [0.05, 0.1) is 12.4 Å². The molecule has 0 spiro atoms. The van der Waals surface area contributed by atoms with Gasteiger partial charge < -0.3 is 59.4 Å². The Morgan fingerprint density at radius 3 is 1.49 bits per heavy atom. The van der Waals surface area contributed by atoms with Crippen molar-refractivity contribution in [2.45, 2.75) is 143 Å². The van der Waals surface area contributed by atoms with Gasteiger partial charge >= 0.3 is 24.2 Å². The molecule has 25 nitrogen and oxygen atoms in total. The van der Waals surface area contributed by atoms with Gasteiger partial charge in [-0.25, -0.2) is 14.6 Å². The second-order valence-electron chi connectivity index (χ2n) is 25.4. The highest BCUT2D eigenvalue weighted by Crippen LogP contribution is 2.29. The van der Waals surface area contributed by atoms with Crippen LogP contribution in [0.1, 0.15) is 129 Å². The van der Waals surface area contributed by atoms with Gasteiger partial charge in [-0.05, 0) is 116 Å². The largest absolute Gasteiger partial charge is 0.460 e. The lowest BCUT2D eigenvalue weighted by Crippen LogP contribution is -2.50. The predicted octanol–water partition coefficient (Wildman–Crippen LogP) is 7.89. The van der Waals surface area contributed by atoms with E-state index in [9.17, 15) is 9.59 Å². The van der Waals surface area contributed by atoms with Crippen LogP contribution < -0.4 is 30.3 Å². The van der Waals surface area contributed by atoms with Crippen molar-refractivity contribution in [3.63, 3.8) is 0 Å². The molecule has 3 N–H and O–H groups in total. The Bertz CT molecular complexity index is 3340. The molecule has 7 aromatic rings. The van der Waals surface area contributed by atoms with Gasteiger partial charge in [0, 0.05) is 114 Å². The average Bonchev–Trinajstić information content (AvgIpc) is 1.81. The van der Waals surface area contributed by atoms with Crippen molar-refractivity contribution in [3.8, 4) is 18.0 Å². The van der Waals surface area contributed by atoms with E-state index in [4.69, 9.17) is 34.6 Å². The Labute approximate surface area is 511 Å². The third-order valence-corrected chi connectivity index (χ3v) is 15.7. The number of anilines is 3. The highest BCUT2D eigenvalue weighted by atomic mass is 16.6. The van der Waals surface area contributed by atoms with Crippen LogP contribution in [0.4, 0.5) is 26.9 Å². The molecule has 87 heavy (non-hydrogen) atoms. The highest BCUT2D eigenvalue weighted by Gasteiger charge is 2.30. The Morgan fingerprint density at radius 1 is 0.586 bits per heavy atom. The predicted molar refractivity (Wildman–Crippen MR) is 335 cm³/mol. The molecule has 9 heterocycles. The maximum absolute atomic E-state index is 12.5. The van der Waals surface area contributed by atoms with Crippen molar-refractivity contribution in [1.82, 2.24) is 73.5 Å². The minimum atomic E-state index is -0.499. The molecular formula is C62H91N19O6. The molecule has 25 heteroatoms. The number of piperazine rings is 2. The Morgan fingerprint density at radius 2 is 1.03 bits per heavy atom. The standard InChI is InChI=1S/C30H44N8O3.C16H22N8O.C16H25N3O2/c1-21(2)24-20-32-38-26(24)33-28(40-23-11-13-35(6)14-12-23)34-27(38)31-19-22-9-7-8-10-25(22)36-15-17-37(18-16-36)29(39)41-30(3,4)5;1-11(2)13-8-18-24-14(13)20-15(21-16(24)23-10-17-9-19-23)25-12-4-6-22(3)7-5-12;1-16(2,3)21-15(20)19-10-8-18(9-11-19)14-7-5-4-6-13(14)12-17/h7-10,20-21,23H,11-19H2,1-6H3,(H,31,33,34);8-12H,4-7H2,1-3H3;4-7H,8-12,17H2,1-3H3. The SMILES string of the molecule is CC(C)(C)OC(=O)N1CCN(c2ccccc2CN)CC1.CC(C)c1cnn2c(-n3cncn3)nc(OC3CCN(C)CC3)nc12.CC(C)c1cnn2c(NCc3ccccc3N3CCN(C(=O)OC(C)(C)C)CC3)nc(OC3CCN(C)CC3)nc12. The zero-order valence-electron chi connectivity index (χ0n) is 53.1. The van der Waals surface area contributed by atoms with Gasteiger partial charge in [0.1, 0.15) is 36.1 Å². The molecule has 5 aromatic heterocycles. The van der Waals surface area contributed by atoms with E-state index >= 15 is 0 Å². The fourth-order valence-electron chi connectivity index (χ4n) is 10.8. The number of nitrogens with one attached hydrogen (secondary N) is 1. The van der Waals surface area contributed by atoms with Crippen molar-refractivity contribution in [2.24, 2.45) is 5.73 Å². The minimum Gasteiger partial charge on any atom is -0.460 e. The number of nitrogens with two attached hydrogens (primary N) is 1. The van der Waals surface area contributed by atoms with E-state index < -0.39 is 11.2 Å². The van der Waals surface area contributed by atoms with Gasteiger partial charge in [-0.15, -0.1) is 0 Å². The first-order valence-electron chi connectivity index (χ1n) is 30.7. The number of likely N-dealkylation sites (tertiary alicyclic amines) is 2. The molecule has 470 valence electrons. The Hall–Kier alpha value is -7.90. The quantitative estimate of drug-likeness (QED) is 0.111. The van der Waals surface area contributed by atoms with Crippen LogP contribution in [0.3, 0.4) is 0 Å². The first-order chi connectivity index (χ1) is 41.6. The van der Waals surface area contributed by atoms with Gasteiger partial charge in [0.25, 0.3) is 5.95 Å². The van der Waals surface area contributed by atoms with E-state index in [0.29, 0.717) is 69.1 Å². The Balaban J connectivity index is 0.000000168. The fraction of sp³-hybridized carbons (Fsp3) is 0.581. The summed E-state index contributed by atoms with van der Waals surface area (Å²) in [6, 6.07) is 17.3. The topological polar surface area (TPSA) is 245 Å². The first-order valence-corrected chi connectivity index (χ1v) is 30.7. The summed E-state index contributed by atoms with van der Waals surface area (Å²) >= 11 is 0. The van der Waals surface area contributed by atoms with E-state index in [0.717, 1.165) is 117 Å². The highest BCUT2D eigenvalue weighted by molar-refractivity contribution is 5.69. The molecule has 4 saturated heterocycles. The van der Waals surface area contributed by atoms with Gasteiger partial charge in [-0.1, -0.05) is 64.1 Å². The van der Waals surface area contributed by atoms with E-state index in [1.807, 2.05) is 72.1 Å². The van der Waals surface area contributed by atoms with Crippen molar-refractivity contribution >= 4 is 40.8 Å². The number of piperidine rings is 2. The summed E-state index contributed by atoms with van der Waals surface area (Å²) in [5.41, 5.74) is 13.1. The molecule has 0 unspecified atom stereocenters. The smallest absolute Gasteiger partial charge is 0.410 e. The average molecular weight is 1200 g/mol. The van der Waals surface area contributed by atoms with Crippen LogP contribution >= 0.6 is 0 Å². The van der Waals surface area contributed by atoms with Crippen LogP contribution in [0, 0.1) is 0 Å². The number of nitrogens with zero attached hydrogens (tertiary/aromatic N) is 17. The van der Waals surface area contributed by atoms with E-state index in [-0.39, 0.29) is 30.3 Å². The lowest BCUT2D eigenvalue weighted by Gasteiger charge is -2.37. The number of hydrogen-bond donors (Lipinski definition) is 2. The van der Waals surface area contributed by atoms with Crippen LogP contribution in [-0.2, 0) is 22.6 Å². The van der Waals surface area contributed by atoms with Gasteiger partial charge in [-0.2, -0.15) is 48.9 Å². The van der Waals surface area contributed by atoms with Crippen molar-refractivity contribution in [3.05, 3.63) is 95.8 Å². The van der Waals surface area contributed by atoms with E-state index in [1.165, 1.54) is 12.0 Å². The molecule has 11 rings (SSSR count). The van der Waals surface area contributed by atoms with E-state index in [2.05, 4.69) is 127 Å². The summed E-state index contributed by atoms with van der Waals surface area (Å²) < 4.78 is 28.4. The number of hydrogen-bond acceptors (Lipinski definition) is 20. The molecule has 2 aromatic carbocycles. The van der Waals surface area contributed by atoms with E-state index in [1.54, 1.807) is 29.8 Å². The van der Waals surface area contributed by atoms with Crippen molar-refractivity contribution in [2.75, 3.05) is 108 Å². The second kappa shape index (κ2) is 28.3. The summed E-state index contributed by atoms with van der Waals surface area (Å²) in [4.78, 5) is 60.1. The lowest BCUT2D eigenvalue weighted by molar-refractivity contribution is 0.0230. The number of benzene rings is 2. The van der Waals surface area contributed by atoms with Crippen LogP contribution in [0.15, 0.2) is 73.6 Å². The molecule has 0 bridgehead atoms. The number of amides is 2. The number of rotatable bonds is 13. The summed E-state index contributed by atoms with van der Waals surface area (Å²) in [5, 5.41) is 16.8. The molecule has 0 saturated carbocycles. The van der Waals surface area contributed by atoms with Crippen molar-refractivity contribution in [1.29, 1.82) is 0 Å². The van der Waals surface area contributed by atoms with Gasteiger partial charge in [-0.3, -0.25) is 0 Å². The number of aromatic nitrogens is 11. The molecule has 2 amide bonds. The zero-order chi connectivity index (χ0) is 62.0. The molecule has 0 atom stereocenters. The molecule has 4 aliphatic rings. The maximum atomic E-state index is 12.5. The summed E-state index contributed by atoms with van der Waals surface area (Å²) in [6.45, 7) is 30.7. The molecule has 0 aliphatic carbocycles. The lowest BCUT2D eigenvalue weighted by atomic mass is 10.1. The minimum absolute atomic E-state index is 0.104. The molecular weight excluding hydrogens is 1110 g/mol. The van der Waals surface area contributed by atoms with Crippen LogP contribution in [-0.4, -0.2) is 202 Å². The monoisotopic (exact) mass is 1200 g/mol. The normalized spacial score (nSPS) is 16.9. The van der Waals surface area contributed by atoms with Gasteiger partial charge in [0.15, 0.2) is 11.3 Å². The molecule has 4 aliphatic heterocycles. The Kier molecular flexibility index (Phi) is 20.7. The second-order valence-corrected chi connectivity index (χ2v) is 25.4. The summed E-state index contributed by atoms with van der Waals surface area (Å²) in [6.07, 6.45) is 10.4. The number of para-hydroxylation sites is 2. The number of carbonyl (C=O) groups is 2. The summed E-state index contributed by atoms with van der Waals surface area (Å²) in [5.74, 6) is 1.70.